The van der Waals surface area contributed by atoms with Crippen molar-refractivity contribution in [1.29, 1.82) is 0 Å². The molecular formula is C12H16BrNO2. The third-order valence-electron chi connectivity index (χ3n) is 3.54. The van der Waals surface area contributed by atoms with Gasteiger partial charge in [-0.1, -0.05) is 6.92 Å². The number of halogens is 1. The van der Waals surface area contributed by atoms with Crippen molar-refractivity contribution in [1.82, 2.24) is 5.32 Å². The first-order valence-electron chi connectivity index (χ1n) is 5.68. The number of hydrogen-bond acceptors (Lipinski definition) is 3. The molecule has 0 saturated carbocycles. The van der Waals surface area contributed by atoms with Gasteiger partial charge in [-0.05, 0) is 54.3 Å². The molecule has 1 fully saturated rings. The summed E-state index contributed by atoms with van der Waals surface area (Å²) in [6.45, 7) is 3.91. The van der Waals surface area contributed by atoms with Gasteiger partial charge in [0.2, 0.25) is 5.78 Å². The molecule has 16 heavy (non-hydrogen) atoms. The van der Waals surface area contributed by atoms with E-state index in [4.69, 9.17) is 4.42 Å². The van der Waals surface area contributed by atoms with E-state index in [0.717, 1.165) is 36.8 Å². The molecule has 0 atom stereocenters. The zero-order chi connectivity index (χ0) is 11.6. The quantitative estimate of drug-likeness (QED) is 0.868. The van der Waals surface area contributed by atoms with E-state index in [0.29, 0.717) is 5.76 Å². The molecule has 2 rings (SSSR count). The second kappa shape index (κ2) is 4.72. The van der Waals surface area contributed by atoms with Crippen LogP contribution >= 0.6 is 15.9 Å². The van der Waals surface area contributed by atoms with Crippen molar-refractivity contribution in [2.24, 2.45) is 5.41 Å². The van der Waals surface area contributed by atoms with Gasteiger partial charge >= 0.3 is 0 Å². The number of nitrogens with one attached hydrogen (secondary N) is 1. The molecule has 0 spiro atoms. The summed E-state index contributed by atoms with van der Waals surface area (Å²) in [6, 6.07) is 1.78. The number of ketones is 1. The lowest BCUT2D eigenvalue weighted by Crippen LogP contribution is -2.41. The Bertz CT molecular complexity index is 380. The average molecular weight is 286 g/mol. The molecule has 3 nitrogen and oxygen atoms in total. The molecule has 1 aromatic rings. The maximum absolute atomic E-state index is 12.5. The van der Waals surface area contributed by atoms with Crippen molar-refractivity contribution in [3.05, 3.63) is 22.6 Å². The first kappa shape index (κ1) is 11.9. The van der Waals surface area contributed by atoms with Gasteiger partial charge in [0.05, 0.1) is 10.7 Å². The van der Waals surface area contributed by atoms with Crippen molar-refractivity contribution >= 4 is 21.7 Å². The molecule has 4 heteroatoms. The molecule has 1 N–H and O–H groups in total. The highest BCUT2D eigenvalue weighted by Gasteiger charge is 2.40. The third kappa shape index (κ3) is 1.96. The van der Waals surface area contributed by atoms with Crippen LogP contribution in [-0.2, 0) is 0 Å². The SMILES string of the molecule is CCC1(C(=O)c2occc2Br)CCNCC1. The summed E-state index contributed by atoms with van der Waals surface area (Å²) in [5, 5.41) is 3.29. The topological polar surface area (TPSA) is 42.2 Å². The minimum atomic E-state index is -0.231. The van der Waals surface area contributed by atoms with Crippen LogP contribution in [0, 0.1) is 5.41 Å². The Hall–Kier alpha value is -0.610. The average Bonchev–Trinajstić information content (AvgIpc) is 2.75. The van der Waals surface area contributed by atoms with Gasteiger partial charge in [-0.3, -0.25) is 4.79 Å². The molecule has 1 aromatic heterocycles. The van der Waals surface area contributed by atoms with Crippen LogP contribution in [0.25, 0.3) is 0 Å². The summed E-state index contributed by atoms with van der Waals surface area (Å²) < 4.78 is 6.06. The molecule has 0 radical (unpaired) electrons. The van der Waals surface area contributed by atoms with E-state index in [-0.39, 0.29) is 11.2 Å². The minimum absolute atomic E-state index is 0.147. The highest BCUT2D eigenvalue weighted by Crippen LogP contribution is 2.38. The maximum atomic E-state index is 12.5. The minimum Gasteiger partial charge on any atom is -0.460 e. The van der Waals surface area contributed by atoms with E-state index in [9.17, 15) is 4.79 Å². The van der Waals surface area contributed by atoms with Crippen molar-refractivity contribution < 1.29 is 9.21 Å². The van der Waals surface area contributed by atoms with Gasteiger partial charge < -0.3 is 9.73 Å². The first-order chi connectivity index (χ1) is 7.69. The Morgan fingerprint density at radius 2 is 2.25 bits per heavy atom. The monoisotopic (exact) mass is 285 g/mol. The van der Waals surface area contributed by atoms with E-state index >= 15 is 0 Å². The van der Waals surface area contributed by atoms with Crippen LogP contribution < -0.4 is 5.32 Å². The smallest absolute Gasteiger partial charge is 0.205 e. The van der Waals surface area contributed by atoms with Crippen LogP contribution in [0.2, 0.25) is 0 Å². The molecule has 0 aliphatic carbocycles. The van der Waals surface area contributed by atoms with E-state index < -0.39 is 0 Å². The van der Waals surface area contributed by atoms with Crippen molar-refractivity contribution in [2.75, 3.05) is 13.1 Å². The van der Waals surface area contributed by atoms with Gasteiger partial charge in [0.25, 0.3) is 0 Å². The Morgan fingerprint density at radius 1 is 1.56 bits per heavy atom. The summed E-state index contributed by atoms with van der Waals surface area (Å²) in [5.41, 5.74) is -0.231. The van der Waals surface area contributed by atoms with Crippen LogP contribution in [0.4, 0.5) is 0 Å². The fourth-order valence-electron chi connectivity index (χ4n) is 2.34. The van der Waals surface area contributed by atoms with Crippen LogP contribution in [0.15, 0.2) is 21.2 Å². The van der Waals surface area contributed by atoms with E-state index in [2.05, 4.69) is 28.2 Å². The number of furan rings is 1. The molecule has 0 aromatic carbocycles. The molecule has 88 valence electrons. The lowest BCUT2D eigenvalue weighted by molar-refractivity contribution is 0.0685. The number of carbonyl (C=O) groups is 1. The second-order valence-corrected chi connectivity index (χ2v) is 5.17. The number of rotatable bonds is 3. The lowest BCUT2D eigenvalue weighted by Gasteiger charge is -2.34. The summed E-state index contributed by atoms with van der Waals surface area (Å²) in [6.07, 6.45) is 4.23. The van der Waals surface area contributed by atoms with Crippen LogP contribution in [0.3, 0.4) is 0 Å². The Morgan fingerprint density at radius 3 is 2.75 bits per heavy atom. The van der Waals surface area contributed by atoms with Crippen molar-refractivity contribution in [3.8, 4) is 0 Å². The highest BCUT2D eigenvalue weighted by molar-refractivity contribution is 9.10. The largest absolute Gasteiger partial charge is 0.460 e. The molecule has 1 aliphatic heterocycles. The fourth-order valence-corrected chi connectivity index (χ4v) is 2.72. The van der Waals surface area contributed by atoms with Gasteiger partial charge in [-0.25, -0.2) is 0 Å². The normalized spacial score (nSPS) is 19.6. The molecule has 1 aliphatic rings. The fraction of sp³-hybridized carbons (Fsp3) is 0.583. The zero-order valence-electron chi connectivity index (χ0n) is 9.38. The molecule has 0 amide bonds. The zero-order valence-corrected chi connectivity index (χ0v) is 11.0. The van der Waals surface area contributed by atoms with E-state index in [1.165, 1.54) is 0 Å². The molecule has 2 heterocycles. The summed E-state index contributed by atoms with van der Waals surface area (Å²) >= 11 is 3.36. The third-order valence-corrected chi connectivity index (χ3v) is 4.17. The predicted molar refractivity (Wildman–Crippen MR) is 65.6 cm³/mol. The maximum Gasteiger partial charge on any atom is 0.205 e. The van der Waals surface area contributed by atoms with Gasteiger partial charge in [-0.2, -0.15) is 0 Å². The number of hydrogen-bond donors (Lipinski definition) is 1. The van der Waals surface area contributed by atoms with Gasteiger partial charge in [-0.15, -0.1) is 0 Å². The highest BCUT2D eigenvalue weighted by atomic mass is 79.9. The molecule has 0 unspecified atom stereocenters. The van der Waals surface area contributed by atoms with Gasteiger partial charge in [0, 0.05) is 5.41 Å². The molecular weight excluding hydrogens is 270 g/mol. The van der Waals surface area contributed by atoms with E-state index in [1.54, 1.807) is 12.3 Å². The van der Waals surface area contributed by atoms with E-state index in [1.807, 2.05) is 0 Å². The predicted octanol–water partition coefficient (Wildman–Crippen LogP) is 3.00. The number of piperidine rings is 1. The van der Waals surface area contributed by atoms with Gasteiger partial charge in [0.15, 0.2) is 5.76 Å². The second-order valence-electron chi connectivity index (χ2n) is 4.31. The van der Waals surface area contributed by atoms with Crippen molar-refractivity contribution in [3.63, 3.8) is 0 Å². The Labute approximate surface area is 104 Å². The van der Waals surface area contributed by atoms with Crippen LogP contribution in [0.5, 0.6) is 0 Å². The Kier molecular flexibility index (Phi) is 3.50. The summed E-state index contributed by atoms with van der Waals surface area (Å²) in [4.78, 5) is 12.5. The summed E-state index contributed by atoms with van der Waals surface area (Å²) in [5.74, 6) is 0.622. The summed E-state index contributed by atoms with van der Waals surface area (Å²) in [7, 11) is 0. The lowest BCUT2D eigenvalue weighted by atomic mass is 9.72. The first-order valence-corrected chi connectivity index (χ1v) is 6.47. The van der Waals surface area contributed by atoms with Gasteiger partial charge in [0.1, 0.15) is 0 Å². The Balaban J connectivity index is 2.28. The van der Waals surface area contributed by atoms with Crippen molar-refractivity contribution in [2.45, 2.75) is 26.2 Å². The molecule has 0 bridgehead atoms. The van der Waals surface area contributed by atoms with Crippen LogP contribution in [-0.4, -0.2) is 18.9 Å². The number of Topliss-reactive ketones (excluding diaryl/α,β-unsaturated/α-hetero) is 1. The number of carbonyl (C=O) groups excluding carboxylic acids is 1. The molecule has 1 saturated heterocycles. The standard InChI is InChI=1S/C12H16BrNO2/c1-2-12(4-6-14-7-5-12)11(15)10-9(13)3-8-16-10/h3,8,14H,2,4-7H2,1H3. The van der Waals surface area contributed by atoms with Crippen LogP contribution in [0.1, 0.15) is 36.7 Å².